The molecule has 3 rings (SSSR count). The molecule has 0 spiro atoms. The minimum absolute atomic E-state index is 0.193. The maximum atomic E-state index is 6.12. The number of ether oxygens (including phenoxy) is 2. The fourth-order valence-corrected chi connectivity index (χ4v) is 3.31. The van der Waals surface area contributed by atoms with Gasteiger partial charge in [-0.1, -0.05) is 18.2 Å². The molecule has 1 unspecified atom stereocenters. The third-order valence-corrected chi connectivity index (χ3v) is 4.80. The van der Waals surface area contributed by atoms with Crippen LogP contribution in [0.5, 0.6) is 5.75 Å². The van der Waals surface area contributed by atoms with Crippen molar-refractivity contribution in [2.45, 2.75) is 58.1 Å². The highest BCUT2D eigenvalue weighted by atomic mass is 16.5. The molecule has 1 atom stereocenters. The molecule has 2 N–H and O–H groups in total. The molecule has 26 heavy (non-hydrogen) atoms. The molecule has 0 saturated heterocycles. The Morgan fingerprint density at radius 3 is 2.88 bits per heavy atom. The van der Waals surface area contributed by atoms with Gasteiger partial charge >= 0.3 is 0 Å². The molecule has 2 aliphatic rings. The van der Waals surface area contributed by atoms with E-state index in [1.165, 1.54) is 18.4 Å². The van der Waals surface area contributed by atoms with Crippen molar-refractivity contribution in [1.82, 2.24) is 10.6 Å². The van der Waals surface area contributed by atoms with Crippen molar-refractivity contribution in [2.75, 3.05) is 26.3 Å². The highest BCUT2D eigenvalue weighted by Gasteiger charge is 2.33. The number of nitrogens with one attached hydrogen (secondary N) is 2. The molecule has 0 amide bonds. The highest BCUT2D eigenvalue weighted by molar-refractivity contribution is 5.80. The zero-order chi connectivity index (χ0) is 18.4. The topological polar surface area (TPSA) is 54.9 Å². The zero-order valence-corrected chi connectivity index (χ0v) is 16.4. The molecular weight excluding hydrogens is 326 g/mol. The summed E-state index contributed by atoms with van der Waals surface area (Å²) in [6.07, 6.45) is 4.54. The molecule has 0 bridgehead atoms. The minimum atomic E-state index is -0.194. The first-order chi connectivity index (χ1) is 12.6. The first kappa shape index (κ1) is 19.0. The summed E-state index contributed by atoms with van der Waals surface area (Å²) in [4.78, 5) is 4.73. The average molecular weight is 360 g/mol. The summed E-state index contributed by atoms with van der Waals surface area (Å²) in [5.41, 5.74) is 1.00. The number of hydrogen-bond donors (Lipinski definition) is 2. The Kier molecular flexibility index (Phi) is 6.41. The van der Waals surface area contributed by atoms with Gasteiger partial charge in [0.15, 0.2) is 5.96 Å². The van der Waals surface area contributed by atoms with Crippen LogP contribution in [0.3, 0.4) is 0 Å². The van der Waals surface area contributed by atoms with Crippen molar-refractivity contribution in [1.29, 1.82) is 0 Å². The standard InChI is InChI=1S/C21H33N3O2/c1-4-22-20(23-12-7-13-25-15-16-10-11-16)24-18-14-21(2,3)26-19-9-6-5-8-17(18)19/h5-6,8-9,16,18H,4,7,10-15H2,1-3H3,(H2,22,23,24). The van der Waals surface area contributed by atoms with Crippen molar-refractivity contribution >= 4 is 5.96 Å². The third-order valence-electron chi connectivity index (χ3n) is 4.80. The lowest BCUT2D eigenvalue weighted by Gasteiger charge is -2.38. The molecule has 1 fully saturated rings. The predicted molar refractivity (Wildman–Crippen MR) is 106 cm³/mol. The van der Waals surface area contributed by atoms with Crippen LogP contribution in [0.25, 0.3) is 0 Å². The largest absolute Gasteiger partial charge is 0.487 e. The molecule has 0 aromatic heterocycles. The van der Waals surface area contributed by atoms with Gasteiger partial charge in [-0.05, 0) is 52.0 Å². The fraction of sp³-hybridized carbons (Fsp3) is 0.667. The van der Waals surface area contributed by atoms with Crippen molar-refractivity contribution in [2.24, 2.45) is 10.9 Å². The lowest BCUT2D eigenvalue weighted by atomic mass is 9.90. The van der Waals surface area contributed by atoms with E-state index in [4.69, 9.17) is 14.5 Å². The van der Waals surface area contributed by atoms with Gasteiger partial charge in [-0.3, -0.25) is 4.99 Å². The zero-order valence-electron chi connectivity index (χ0n) is 16.4. The van der Waals surface area contributed by atoms with Gasteiger partial charge in [0.1, 0.15) is 11.4 Å². The van der Waals surface area contributed by atoms with Crippen LogP contribution in [-0.4, -0.2) is 37.9 Å². The summed E-state index contributed by atoms with van der Waals surface area (Å²) < 4.78 is 11.8. The summed E-state index contributed by atoms with van der Waals surface area (Å²) in [7, 11) is 0. The highest BCUT2D eigenvalue weighted by Crippen LogP contribution is 2.39. The van der Waals surface area contributed by atoms with Crippen LogP contribution in [0.4, 0.5) is 0 Å². The Bertz CT molecular complexity index is 611. The third kappa shape index (κ3) is 5.63. The lowest BCUT2D eigenvalue weighted by molar-refractivity contribution is 0.0694. The van der Waals surface area contributed by atoms with Gasteiger partial charge in [-0.25, -0.2) is 0 Å². The maximum Gasteiger partial charge on any atom is 0.191 e. The number of guanidine groups is 1. The van der Waals surface area contributed by atoms with E-state index < -0.39 is 0 Å². The van der Waals surface area contributed by atoms with E-state index in [-0.39, 0.29) is 11.6 Å². The molecule has 1 aliphatic carbocycles. The summed E-state index contributed by atoms with van der Waals surface area (Å²) in [6, 6.07) is 8.47. The van der Waals surface area contributed by atoms with Crippen LogP contribution in [0.1, 0.15) is 58.1 Å². The Hall–Kier alpha value is -1.75. The summed E-state index contributed by atoms with van der Waals surface area (Å²) in [5, 5.41) is 6.97. The SMILES string of the molecule is CCNC(=NCCCOCC1CC1)NC1CC(C)(C)Oc2ccccc21. The molecule has 1 aliphatic heterocycles. The lowest BCUT2D eigenvalue weighted by Crippen LogP contribution is -2.45. The average Bonchev–Trinajstić information content (AvgIpc) is 3.41. The number of hydrogen-bond acceptors (Lipinski definition) is 3. The molecule has 5 heteroatoms. The van der Waals surface area contributed by atoms with E-state index in [1.54, 1.807) is 0 Å². The van der Waals surface area contributed by atoms with Gasteiger partial charge in [0.2, 0.25) is 0 Å². The Morgan fingerprint density at radius 2 is 2.12 bits per heavy atom. The van der Waals surface area contributed by atoms with Crippen molar-refractivity contribution in [3.05, 3.63) is 29.8 Å². The van der Waals surface area contributed by atoms with Crippen LogP contribution in [0.2, 0.25) is 0 Å². The van der Waals surface area contributed by atoms with Gasteiger partial charge in [0, 0.05) is 38.3 Å². The van der Waals surface area contributed by atoms with E-state index in [1.807, 2.05) is 12.1 Å². The number of fused-ring (bicyclic) bond motifs is 1. The first-order valence-corrected chi connectivity index (χ1v) is 9.98. The van der Waals surface area contributed by atoms with Crippen LogP contribution in [-0.2, 0) is 4.74 Å². The smallest absolute Gasteiger partial charge is 0.191 e. The van der Waals surface area contributed by atoms with Gasteiger partial charge in [0.05, 0.1) is 6.04 Å². The van der Waals surface area contributed by atoms with Crippen molar-refractivity contribution < 1.29 is 9.47 Å². The van der Waals surface area contributed by atoms with E-state index in [0.29, 0.717) is 0 Å². The maximum absolute atomic E-state index is 6.12. The van der Waals surface area contributed by atoms with Gasteiger partial charge < -0.3 is 20.1 Å². The second-order valence-electron chi connectivity index (χ2n) is 7.93. The molecule has 1 aromatic carbocycles. The number of nitrogens with zero attached hydrogens (tertiary/aromatic N) is 1. The van der Waals surface area contributed by atoms with E-state index in [0.717, 1.165) is 56.8 Å². The Labute approximate surface area is 157 Å². The monoisotopic (exact) mass is 359 g/mol. The van der Waals surface area contributed by atoms with Crippen LogP contribution in [0, 0.1) is 5.92 Å². The molecule has 144 valence electrons. The summed E-state index contributed by atoms with van der Waals surface area (Å²) in [6.45, 7) is 9.71. The fourth-order valence-electron chi connectivity index (χ4n) is 3.31. The molecular formula is C21H33N3O2. The molecule has 1 saturated carbocycles. The molecule has 1 aromatic rings. The number of aliphatic imine (C=N–C) groups is 1. The van der Waals surface area contributed by atoms with Gasteiger partial charge in [-0.15, -0.1) is 0 Å². The van der Waals surface area contributed by atoms with E-state index >= 15 is 0 Å². The first-order valence-electron chi connectivity index (χ1n) is 9.98. The molecule has 5 nitrogen and oxygen atoms in total. The second kappa shape index (κ2) is 8.76. The summed E-state index contributed by atoms with van der Waals surface area (Å²) in [5.74, 6) is 2.66. The normalized spacial score (nSPS) is 21.7. The number of benzene rings is 1. The Morgan fingerprint density at radius 1 is 1.31 bits per heavy atom. The molecule has 1 heterocycles. The number of para-hydroxylation sites is 1. The van der Waals surface area contributed by atoms with Crippen LogP contribution < -0.4 is 15.4 Å². The van der Waals surface area contributed by atoms with Crippen molar-refractivity contribution in [3.63, 3.8) is 0 Å². The van der Waals surface area contributed by atoms with E-state index in [2.05, 4.69) is 43.5 Å². The Balaban J connectivity index is 1.56. The van der Waals surface area contributed by atoms with Gasteiger partial charge in [-0.2, -0.15) is 0 Å². The second-order valence-corrected chi connectivity index (χ2v) is 7.93. The van der Waals surface area contributed by atoms with Crippen LogP contribution in [0.15, 0.2) is 29.3 Å². The predicted octanol–water partition coefficient (Wildman–Crippen LogP) is 3.66. The quantitative estimate of drug-likeness (QED) is 0.422. The number of rotatable bonds is 8. The van der Waals surface area contributed by atoms with Crippen molar-refractivity contribution in [3.8, 4) is 5.75 Å². The molecule has 0 radical (unpaired) electrons. The minimum Gasteiger partial charge on any atom is -0.487 e. The van der Waals surface area contributed by atoms with E-state index in [9.17, 15) is 0 Å². The summed E-state index contributed by atoms with van der Waals surface area (Å²) >= 11 is 0. The van der Waals surface area contributed by atoms with Crippen LogP contribution >= 0.6 is 0 Å². The van der Waals surface area contributed by atoms with Gasteiger partial charge in [0.25, 0.3) is 0 Å².